The van der Waals surface area contributed by atoms with Crippen LogP contribution in [0.3, 0.4) is 0 Å². The highest BCUT2D eigenvalue weighted by Gasteiger charge is 2.53. The first-order chi connectivity index (χ1) is 16.5. The van der Waals surface area contributed by atoms with E-state index in [9.17, 15) is 38.6 Å². The lowest BCUT2D eigenvalue weighted by molar-refractivity contribution is -0.113. The molecule has 0 aromatic carbocycles. The molecule has 0 bridgehead atoms. The molecule has 3 heterocycles. The zero-order valence-corrected chi connectivity index (χ0v) is 21.2. The van der Waals surface area contributed by atoms with Gasteiger partial charge in [0.05, 0.1) is 33.0 Å². The maximum atomic E-state index is 12.2. The number of aliphatic hydroxyl groups excluding tert-OH is 2. The van der Waals surface area contributed by atoms with Crippen LogP contribution < -0.4 is 0 Å². The van der Waals surface area contributed by atoms with Gasteiger partial charge in [-0.3, -0.25) is 9.05 Å². The Morgan fingerprint density at radius 3 is 1.86 bits per heavy atom. The quantitative estimate of drug-likeness (QED) is 0.116. The number of fused-ring (bicyclic) bond motifs is 1. The zero-order chi connectivity index (χ0) is 27.1. The summed E-state index contributed by atoms with van der Waals surface area (Å²) < 4.78 is 74.9. The normalized spacial score (nSPS) is 41.2. The summed E-state index contributed by atoms with van der Waals surface area (Å²) in [5, 5.41) is 19.5. The maximum absolute atomic E-state index is 12.2. The fourth-order valence-corrected chi connectivity index (χ4v) is 7.25. The van der Waals surface area contributed by atoms with Gasteiger partial charge in [-0.15, -0.1) is 0 Å². The third-order valence-electron chi connectivity index (χ3n) is 5.23. The van der Waals surface area contributed by atoms with E-state index in [2.05, 4.69) is 17.7 Å². The third-order valence-corrected chi connectivity index (χ3v) is 9.48. The van der Waals surface area contributed by atoms with Crippen molar-refractivity contribution in [1.82, 2.24) is 0 Å². The number of ether oxygens (including phenoxy) is 4. The molecule has 3 saturated heterocycles. The minimum Gasteiger partial charge on any atom is -0.388 e. The first-order valence-electron chi connectivity index (χ1n) is 10.3. The van der Waals surface area contributed by atoms with E-state index in [1.807, 2.05) is 0 Å². The van der Waals surface area contributed by atoms with Gasteiger partial charge in [0.1, 0.15) is 30.5 Å². The summed E-state index contributed by atoms with van der Waals surface area (Å²) in [6.45, 7) is -1.03. The SMILES string of the molecule is [B][B][C@@H]1O[C@H](COP(=O)(O)OP(=O)(O)OP(=O)(O)OC[C@H]2O[C@@H](B([B])[B])[C@H]3OC(C)OC23)C(O)C1O. The standard InChI is InChI=1S/C12H21B5O16P3/c1-4-28-9-6(31-12(17(14)15)10(9)29-4)3-27-35(22,23)33-36(24,25)32-34(20,21)26-2-5-7(18)8(19)11(16-13)30-5/h4-12,18-19H,2-3H2,1H3,(H,20,21)(H,22,23)(H,24,25)/t4?,5-,6-,7?,8?,9?,10+,11-,12-/m1/s1. The first-order valence-corrected chi connectivity index (χ1v) is 14.8. The number of hydrogen-bond acceptors (Lipinski definition) is 13. The molecule has 3 aliphatic heterocycles. The van der Waals surface area contributed by atoms with Crippen molar-refractivity contribution in [2.45, 2.75) is 61.8 Å². The van der Waals surface area contributed by atoms with Crippen LogP contribution in [-0.2, 0) is 50.3 Å². The Morgan fingerprint density at radius 1 is 0.833 bits per heavy atom. The van der Waals surface area contributed by atoms with E-state index >= 15 is 0 Å². The molecule has 3 aliphatic rings. The van der Waals surface area contributed by atoms with E-state index in [1.165, 1.54) is 0 Å². The predicted molar refractivity (Wildman–Crippen MR) is 121 cm³/mol. The van der Waals surface area contributed by atoms with Crippen molar-refractivity contribution in [3.8, 4) is 0 Å². The van der Waals surface area contributed by atoms with Crippen LogP contribution in [0.15, 0.2) is 0 Å². The van der Waals surface area contributed by atoms with Gasteiger partial charge in [-0.05, 0) is 6.92 Å². The van der Waals surface area contributed by atoms with Crippen molar-refractivity contribution in [3.63, 3.8) is 0 Å². The number of phosphoric ester groups is 2. The summed E-state index contributed by atoms with van der Waals surface area (Å²) in [6, 6.07) is -1.96. The zero-order valence-electron chi connectivity index (χ0n) is 18.6. The molecule has 36 heavy (non-hydrogen) atoms. The maximum Gasteiger partial charge on any atom is 0.490 e. The molecule has 16 nitrogen and oxygen atoms in total. The molecule has 5 N–H and O–H groups in total. The molecule has 195 valence electrons. The minimum atomic E-state index is -5.75. The van der Waals surface area contributed by atoms with Gasteiger partial charge < -0.3 is 43.8 Å². The molecule has 0 amide bonds. The van der Waals surface area contributed by atoms with Crippen molar-refractivity contribution in [3.05, 3.63) is 0 Å². The fourth-order valence-electron chi connectivity index (χ4n) is 3.73. The highest BCUT2D eigenvalue weighted by molar-refractivity contribution is 7.66. The van der Waals surface area contributed by atoms with Crippen molar-refractivity contribution >= 4 is 60.3 Å². The molecule has 12 atom stereocenters. The average molecular weight is 568 g/mol. The van der Waals surface area contributed by atoms with E-state index in [1.54, 1.807) is 6.92 Å². The molecule has 0 spiro atoms. The Balaban J connectivity index is 1.52. The van der Waals surface area contributed by atoms with Crippen LogP contribution in [0.2, 0.25) is 0 Å². The van der Waals surface area contributed by atoms with Crippen LogP contribution in [0.1, 0.15) is 6.92 Å². The van der Waals surface area contributed by atoms with Crippen LogP contribution >= 0.6 is 23.5 Å². The lowest BCUT2D eigenvalue weighted by Crippen LogP contribution is -2.42. The second kappa shape index (κ2) is 11.9. The van der Waals surface area contributed by atoms with Crippen molar-refractivity contribution in [2.75, 3.05) is 13.2 Å². The lowest BCUT2D eigenvalue weighted by Gasteiger charge is -2.22. The minimum absolute atomic E-state index is 0.659. The fraction of sp³-hybridized carbons (Fsp3) is 1.00. The molecule has 3 rings (SSSR count). The molecule has 0 aromatic heterocycles. The van der Waals surface area contributed by atoms with Crippen LogP contribution in [0, 0.1) is 0 Å². The smallest absolute Gasteiger partial charge is 0.388 e. The molecule has 0 aromatic rings. The molecule has 7 unspecified atom stereocenters. The Morgan fingerprint density at radius 2 is 1.36 bits per heavy atom. The summed E-state index contributed by atoms with van der Waals surface area (Å²) in [6.07, 6.45) is -7.63. The number of aliphatic hydroxyl groups is 2. The summed E-state index contributed by atoms with van der Waals surface area (Å²) in [4.78, 5) is 29.2. The third kappa shape index (κ3) is 7.79. The lowest BCUT2D eigenvalue weighted by atomic mass is 9.16. The number of phosphoric acid groups is 3. The highest BCUT2D eigenvalue weighted by Crippen LogP contribution is 2.67. The molecule has 3 fully saturated rings. The molecular weight excluding hydrogens is 547 g/mol. The number of hydrogen-bond donors (Lipinski definition) is 5. The van der Waals surface area contributed by atoms with Gasteiger partial charge in [0.25, 0.3) is 0 Å². The second-order valence-corrected chi connectivity index (χ2v) is 12.6. The van der Waals surface area contributed by atoms with Gasteiger partial charge in [0.15, 0.2) is 6.29 Å². The van der Waals surface area contributed by atoms with E-state index in [4.69, 9.17) is 42.2 Å². The molecule has 24 heteroatoms. The Hall–Kier alpha value is 0.495. The Labute approximate surface area is 210 Å². The summed E-state index contributed by atoms with van der Waals surface area (Å²) in [5.74, 6) is 0. The van der Waals surface area contributed by atoms with E-state index in [0.717, 1.165) is 7.17 Å². The Bertz CT molecular complexity index is 916. The predicted octanol–water partition coefficient (Wildman–Crippen LogP) is -3.15. The molecule has 0 saturated carbocycles. The topological polar surface area (TPSA) is 226 Å². The van der Waals surface area contributed by atoms with Gasteiger partial charge in [-0.1, -0.05) is 0 Å². The molecular formula is C12H21B5O16P3. The highest BCUT2D eigenvalue weighted by atomic mass is 31.3. The summed E-state index contributed by atoms with van der Waals surface area (Å²) in [5.41, 5.74) is 0. The van der Waals surface area contributed by atoms with Crippen LogP contribution in [0.4, 0.5) is 0 Å². The second-order valence-electron chi connectivity index (χ2n) is 7.96. The van der Waals surface area contributed by atoms with Crippen molar-refractivity contribution in [2.24, 2.45) is 0 Å². The number of rotatable bonds is 12. The van der Waals surface area contributed by atoms with Gasteiger partial charge >= 0.3 is 23.5 Å². The van der Waals surface area contributed by atoms with Gasteiger partial charge in [-0.2, -0.15) is 8.62 Å². The first kappa shape index (κ1) is 31.0. The monoisotopic (exact) mass is 569 g/mol. The molecule has 7 radical (unpaired) electrons. The average Bonchev–Trinajstić information content (AvgIpc) is 3.35. The van der Waals surface area contributed by atoms with Gasteiger partial charge in [-0.25, -0.2) is 13.7 Å². The van der Waals surface area contributed by atoms with Crippen molar-refractivity contribution < 1.29 is 75.2 Å². The van der Waals surface area contributed by atoms with Crippen LogP contribution in [0.25, 0.3) is 0 Å². The van der Waals surface area contributed by atoms with Crippen LogP contribution in [0.5, 0.6) is 0 Å². The largest absolute Gasteiger partial charge is 0.490 e. The summed E-state index contributed by atoms with van der Waals surface area (Å²) in [7, 11) is 0.821. The van der Waals surface area contributed by atoms with Crippen LogP contribution in [-0.4, -0.2) is 130 Å². The van der Waals surface area contributed by atoms with Gasteiger partial charge in [0.2, 0.25) is 0 Å². The van der Waals surface area contributed by atoms with E-state index in [-0.39, 0.29) is 0 Å². The Kier molecular flexibility index (Phi) is 10.3. The van der Waals surface area contributed by atoms with Gasteiger partial charge in [0, 0.05) is 35.2 Å². The van der Waals surface area contributed by atoms with E-state index < -0.39 is 98.1 Å². The van der Waals surface area contributed by atoms with E-state index in [0.29, 0.717) is 0 Å². The van der Waals surface area contributed by atoms with Crippen molar-refractivity contribution in [1.29, 1.82) is 0 Å². The summed E-state index contributed by atoms with van der Waals surface area (Å²) >= 11 is 0. The molecule has 0 aliphatic carbocycles.